The summed E-state index contributed by atoms with van der Waals surface area (Å²) >= 11 is 0. The van der Waals surface area contributed by atoms with E-state index in [9.17, 15) is 24.8 Å². The first-order valence-corrected chi connectivity index (χ1v) is 10.2. The Bertz CT molecular complexity index is 1070. The first-order valence-electron chi connectivity index (χ1n) is 10.2. The molecule has 32 heavy (non-hydrogen) atoms. The Hall–Kier alpha value is -3.72. The van der Waals surface area contributed by atoms with Crippen LogP contribution in [0.2, 0.25) is 0 Å². The third-order valence-corrected chi connectivity index (χ3v) is 5.75. The zero-order chi connectivity index (χ0) is 22.8. The molecule has 4 rings (SSSR count). The molecule has 2 aromatic carbocycles. The largest absolute Gasteiger partial charge is 0.507 e. The van der Waals surface area contributed by atoms with Crippen molar-refractivity contribution in [2.45, 2.75) is 25.0 Å². The third-order valence-electron chi connectivity index (χ3n) is 5.75. The summed E-state index contributed by atoms with van der Waals surface area (Å²) in [5.74, 6) is -1.28. The van der Waals surface area contributed by atoms with Crippen molar-refractivity contribution in [3.05, 3.63) is 75.3 Å². The van der Waals surface area contributed by atoms with E-state index in [1.165, 1.54) is 36.3 Å². The predicted octanol–water partition coefficient (Wildman–Crippen LogP) is 3.20. The minimum Gasteiger partial charge on any atom is -0.507 e. The standard InChI is InChI=1S/C23H22N2O7/c1-31-17-10-6-15(7-11-17)21(26)19-20(14-4-8-16(9-5-14)25(29)30)24(23(28)22(19)27)13-18-3-2-12-32-18/h4-11,18,20,26H,2-3,12-13H2,1H3/b21-19+/t18-,20+/m0/s1. The van der Waals surface area contributed by atoms with Gasteiger partial charge in [0.2, 0.25) is 0 Å². The molecular formula is C23H22N2O7. The maximum atomic E-state index is 13.0. The number of Topliss-reactive ketones (excluding diaryl/α,β-unsaturated/α-hetero) is 1. The molecule has 0 aromatic heterocycles. The number of nitrogens with zero attached hydrogens (tertiary/aromatic N) is 2. The third kappa shape index (κ3) is 3.94. The average molecular weight is 438 g/mol. The number of nitro groups is 1. The summed E-state index contributed by atoms with van der Waals surface area (Å²) in [6.07, 6.45) is 1.41. The second-order valence-corrected chi connectivity index (χ2v) is 7.66. The van der Waals surface area contributed by atoms with Crippen LogP contribution in [0.5, 0.6) is 5.75 Å². The van der Waals surface area contributed by atoms with Crippen LogP contribution in [0.4, 0.5) is 5.69 Å². The average Bonchev–Trinajstić information content (AvgIpc) is 3.41. The number of amides is 1. The number of nitro benzene ring substituents is 1. The molecular weight excluding hydrogens is 416 g/mol. The summed E-state index contributed by atoms with van der Waals surface area (Å²) in [6.45, 7) is 0.772. The topological polar surface area (TPSA) is 119 Å². The fourth-order valence-electron chi connectivity index (χ4n) is 4.11. The van der Waals surface area contributed by atoms with E-state index in [1.807, 2.05) is 0 Å². The quantitative estimate of drug-likeness (QED) is 0.242. The highest BCUT2D eigenvalue weighted by molar-refractivity contribution is 6.46. The van der Waals surface area contributed by atoms with Gasteiger partial charge in [0.1, 0.15) is 11.5 Å². The Morgan fingerprint density at radius 2 is 1.88 bits per heavy atom. The number of hydrogen-bond acceptors (Lipinski definition) is 7. The van der Waals surface area contributed by atoms with Crippen molar-refractivity contribution >= 4 is 23.1 Å². The lowest BCUT2D eigenvalue weighted by atomic mass is 9.95. The number of aliphatic hydroxyl groups is 1. The molecule has 1 N–H and O–H groups in total. The molecule has 0 unspecified atom stereocenters. The van der Waals surface area contributed by atoms with Crippen LogP contribution in [0.25, 0.3) is 5.76 Å². The molecule has 2 aromatic rings. The van der Waals surface area contributed by atoms with E-state index in [-0.39, 0.29) is 29.7 Å². The fraction of sp³-hybridized carbons (Fsp3) is 0.304. The second kappa shape index (κ2) is 8.80. The molecule has 1 amide bonds. The SMILES string of the molecule is COc1ccc(/C(O)=C2\C(=O)C(=O)N(C[C@@H]3CCCO3)[C@@H]2c2ccc([N+](=O)[O-])cc2)cc1. The van der Waals surface area contributed by atoms with E-state index in [4.69, 9.17) is 9.47 Å². The maximum absolute atomic E-state index is 13.0. The predicted molar refractivity (Wildman–Crippen MR) is 114 cm³/mol. The minimum atomic E-state index is -0.887. The summed E-state index contributed by atoms with van der Waals surface area (Å²) in [6, 6.07) is 11.2. The van der Waals surface area contributed by atoms with Gasteiger partial charge in [0.15, 0.2) is 0 Å². The van der Waals surface area contributed by atoms with Crippen molar-refractivity contribution in [2.24, 2.45) is 0 Å². The molecule has 0 bridgehead atoms. The van der Waals surface area contributed by atoms with E-state index >= 15 is 0 Å². The number of likely N-dealkylation sites (tertiary alicyclic amines) is 1. The number of aliphatic hydroxyl groups excluding tert-OH is 1. The Kier molecular flexibility index (Phi) is 5.91. The maximum Gasteiger partial charge on any atom is 0.295 e. The number of carbonyl (C=O) groups excluding carboxylic acids is 2. The van der Waals surface area contributed by atoms with Gasteiger partial charge in [0.05, 0.1) is 29.8 Å². The monoisotopic (exact) mass is 438 g/mol. The van der Waals surface area contributed by atoms with Gasteiger partial charge in [-0.05, 0) is 54.8 Å². The second-order valence-electron chi connectivity index (χ2n) is 7.66. The molecule has 2 fully saturated rings. The van der Waals surface area contributed by atoms with E-state index in [1.54, 1.807) is 24.3 Å². The Labute approximate surface area is 184 Å². The van der Waals surface area contributed by atoms with Crippen LogP contribution in [0, 0.1) is 10.1 Å². The van der Waals surface area contributed by atoms with Crippen LogP contribution in [-0.4, -0.2) is 53.0 Å². The molecule has 2 saturated heterocycles. The molecule has 166 valence electrons. The van der Waals surface area contributed by atoms with Gasteiger partial charge in [-0.2, -0.15) is 0 Å². The number of ether oxygens (including phenoxy) is 2. The van der Waals surface area contributed by atoms with Crippen molar-refractivity contribution in [1.82, 2.24) is 4.90 Å². The molecule has 2 heterocycles. The Balaban J connectivity index is 1.80. The van der Waals surface area contributed by atoms with E-state index in [0.717, 1.165) is 12.8 Å². The van der Waals surface area contributed by atoms with Crippen molar-refractivity contribution in [1.29, 1.82) is 0 Å². The molecule has 2 aliphatic rings. The highest BCUT2D eigenvalue weighted by Crippen LogP contribution is 2.40. The number of hydrogen-bond donors (Lipinski definition) is 1. The lowest BCUT2D eigenvalue weighted by Gasteiger charge is -2.27. The van der Waals surface area contributed by atoms with Gasteiger partial charge in [-0.25, -0.2) is 0 Å². The lowest BCUT2D eigenvalue weighted by Crippen LogP contribution is -2.36. The number of rotatable bonds is 6. The summed E-state index contributed by atoms with van der Waals surface area (Å²) in [4.78, 5) is 37.9. The van der Waals surface area contributed by atoms with Crippen LogP contribution in [0.3, 0.4) is 0 Å². The van der Waals surface area contributed by atoms with Crippen LogP contribution >= 0.6 is 0 Å². The van der Waals surface area contributed by atoms with E-state index in [0.29, 0.717) is 23.5 Å². The van der Waals surface area contributed by atoms with Gasteiger partial charge >= 0.3 is 0 Å². The Morgan fingerprint density at radius 1 is 1.19 bits per heavy atom. The number of benzene rings is 2. The molecule has 2 aliphatic heterocycles. The van der Waals surface area contributed by atoms with Crippen molar-refractivity contribution in [3.63, 3.8) is 0 Å². The fourth-order valence-corrected chi connectivity index (χ4v) is 4.11. The summed E-state index contributed by atoms with van der Waals surface area (Å²) in [7, 11) is 1.51. The minimum absolute atomic E-state index is 0.0629. The zero-order valence-corrected chi connectivity index (χ0v) is 17.4. The highest BCUT2D eigenvalue weighted by Gasteiger charge is 2.47. The summed E-state index contributed by atoms with van der Waals surface area (Å²) in [5.41, 5.74) is 0.669. The molecule has 2 atom stereocenters. The summed E-state index contributed by atoms with van der Waals surface area (Å²) in [5, 5.41) is 22.1. The van der Waals surface area contributed by atoms with Crippen LogP contribution in [-0.2, 0) is 14.3 Å². The van der Waals surface area contributed by atoms with E-state index < -0.39 is 22.7 Å². The normalized spacial score (nSPS) is 22.3. The highest BCUT2D eigenvalue weighted by atomic mass is 16.6. The molecule has 0 spiro atoms. The first-order chi connectivity index (χ1) is 15.4. The van der Waals surface area contributed by atoms with Gasteiger partial charge in [-0.15, -0.1) is 0 Å². The van der Waals surface area contributed by atoms with Gasteiger partial charge in [0.25, 0.3) is 17.4 Å². The van der Waals surface area contributed by atoms with Crippen LogP contribution in [0.1, 0.15) is 30.0 Å². The first kappa shape index (κ1) is 21.5. The van der Waals surface area contributed by atoms with E-state index in [2.05, 4.69) is 0 Å². The van der Waals surface area contributed by atoms with Gasteiger partial charge in [-0.1, -0.05) is 0 Å². The van der Waals surface area contributed by atoms with Crippen molar-refractivity contribution in [2.75, 3.05) is 20.3 Å². The molecule has 9 heteroatoms. The van der Waals surface area contributed by atoms with Gasteiger partial charge in [0, 0.05) is 30.8 Å². The number of non-ortho nitro benzene ring substituents is 1. The Morgan fingerprint density at radius 3 is 2.44 bits per heavy atom. The number of ketones is 1. The molecule has 9 nitrogen and oxygen atoms in total. The molecule has 0 radical (unpaired) electrons. The molecule has 0 saturated carbocycles. The summed E-state index contributed by atoms with van der Waals surface area (Å²) < 4.78 is 10.8. The number of methoxy groups -OCH3 is 1. The lowest BCUT2D eigenvalue weighted by molar-refractivity contribution is -0.384. The van der Waals surface area contributed by atoms with Crippen LogP contribution in [0.15, 0.2) is 54.1 Å². The van der Waals surface area contributed by atoms with Gasteiger partial charge < -0.3 is 19.5 Å². The smallest absolute Gasteiger partial charge is 0.295 e. The van der Waals surface area contributed by atoms with Crippen LogP contribution < -0.4 is 4.74 Å². The van der Waals surface area contributed by atoms with Crippen molar-refractivity contribution in [3.8, 4) is 5.75 Å². The number of carbonyl (C=O) groups is 2. The van der Waals surface area contributed by atoms with Crippen molar-refractivity contribution < 1.29 is 29.1 Å². The zero-order valence-electron chi connectivity index (χ0n) is 17.4. The van der Waals surface area contributed by atoms with Gasteiger partial charge in [-0.3, -0.25) is 19.7 Å². The molecule has 0 aliphatic carbocycles.